The number of amides is 3. The van der Waals surface area contributed by atoms with Crippen LogP contribution in [0.15, 0.2) is 42.9 Å². The molecule has 2 rings (SSSR count). The summed E-state index contributed by atoms with van der Waals surface area (Å²) in [5.41, 5.74) is 7.53. The van der Waals surface area contributed by atoms with Crippen LogP contribution in [0, 0.1) is 5.92 Å². The molecule has 8 N–H and O–H groups in total. The van der Waals surface area contributed by atoms with Crippen molar-refractivity contribution in [3.63, 3.8) is 0 Å². The number of benzene rings is 1. The highest BCUT2D eigenvalue weighted by molar-refractivity contribution is 5.94. The molecule has 0 radical (unpaired) electrons. The Hall–Kier alpha value is -3.77. The van der Waals surface area contributed by atoms with Crippen molar-refractivity contribution in [2.75, 3.05) is 0 Å². The fourth-order valence-electron chi connectivity index (χ4n) is 3.65. The van der Waals surface area contributed by atoms with Gasteiger partial charge in [-0.1, -0.05) is 50.6 Å². The number of nitrogens with zero attached hydrogens (tertiary/aromatic N) is 1. The molecule has 1 aromatic heterocycles. The molecule has 0 saturated heterocycles. The number of hydrogen-bond donors (Lipinski definition) is 7. The predicted molar refractivity (Wildman–Crippen MR) is 135 cm³/mol. The molecule has 0 fully saturated rings. The molecule has 6 atom stereocenters. The molecular formula is C25H36N6O6. The van der Waals surface area contributed by atoms with E-state index in [0.29, 0.717) is 12.1 Å². The molecule has 0 bridgehead atoms. The monoisotopic (exact) mass is 516 g/mol. The van der Waals surface area contributed by atoms with Gasteiger partial charge in [0.25, 0.3) is 0 Å². The molecule has 0 aliphatic rings. The van der Waals surface area contributed by atoms with Crippen LogP contribution in [-0.2, 0) is 32.0 Å². The Kier molecular flexibility index (Phi) is 11.2. The zero-order chi connectivity index (χ0) is 27.5. The summed E-state index contributed by atoms with van der Waals surface area (Å²) in [5, 5.41) is 26.6. The van der Waals surface area contributed by atoms with E-state index in [9.17, 15) is 29.4 Å². The van der Waals surface area contributed by atoms with Crippen molar-refractivity contribution in [2.45, 2.75) is 70.3 Å². The van der Waals surface area contributed by atoms with E-state index in [1.807, 2.05) is 37.3 Å². The summed E-state index contributed by atoms with van der Waals surface area (Å²) in [6.45, 7) is 4.78. The van der Waals surface area contributed by atoms with Crippen molar-refractivity contribution in [3.8, 4) is 0 Å². The fourth-order valence-corrected chi connectivity index (χ4v) is 3.65. The molecule has 0 aliphatic carbocycles. The minimum atomic E-state index is -1.55. The quantitative estimate of drug-likeness (QED) is 0.174. The van der Waals surface area contributed by atoms with Crippen molar-refractivity contribution < 1.29 is 29.4 Å². The topological polar surface area (TPSA) is 200 Å². The van der Waals surface area contributed by atoms with E-state index in [4.69, 9.17) is 5.73 Å². The highest BCUT2D eigenvalue weighted by atomic mass is 16.4. The molecule has 0 spiro atoms. The van der Waals surface area contributed by atoms with Gasteiger partial charge in [-0.25, -0.2) is 9.78 Å². The Morgan fingerprint density at radius 3 is 2.16 bits per heavy atom. The van der Waals surface area contributed by atoms with Crippen LogP contribution in [0.1, 0.15) is 38.4 Å². The van der Waals surface area contributed by atoms with Gasteiger partial charge in [-0.15, -0.1) is 0 Å². The number of imidazole rings is 1. The largest absolute Gasteiger partial charge is 0.480 e. The molecule has 12 nitrogen and oxygen atoms in total. The summed E-state index contributed by atoms with van der Waals surface area (Å²) >= 11 is 0. The number of aliphatic hydroxyl groups excluding tert-OH is 1. The second-order valence-corrected chi connectivity index (χ2v) is 9.08. The van der Waals surface area contributed by atoms with Crippen LogP contribution in [0.3, 0.4) is 0 Å². The molecular weight excluding hydrogens is 480 g/mol. The number of carboxylic acids is 1. The highest BCUT2D eigenvalue weighted by Crippen LogP contribution is 2.11. The number of aromatic amines is 1. The first-order chi connectivity index (χ1) is 17.5. The summed E-state index contributed by atoms with van der Waals surface area (Å²) in [6, 6.07) is 4.52. The maximum Gasteiger partial charge on any atom is 0.328 e. The van der Waals surface area contributed by atoms with E-state index in [2.05, 4.69) is 25.9 Å². The summed E-state index contributed by atoms with van der Waals surface area (Å²) in [5.74, 6) is -3.75. The average molecular weight is 517 g/mol. The molecule has 12 heteroatoms. The summed E-state index contributed by atoms with van der Waals surface area (Å²) < 4.78 is 0. The van der Waals surface area contributed by atoms with Gasteiger partial charge < -0.3 is 36.9 Å². The molecule has 37 heavy (non-hydrogen) atoms. The minimum absolute atomic E-state index is 0.0515. The minimum Gasteiger partial charge on any atom is -0.480 e. The van der Waals surface area contributed by atoms with E-state index < -0.39 is 54.0 Å². The van der Waals surface area contributed by atoms with Gasteiger partial charge in [0.2, 0.25) is 17.7 Å². The van der Waals surface area contributed by atoms with Crippen LogP contribution >= 0.6 is 0 Å². The summed E-state index contributed by atoms with van der Waals surface area (Å²) in [4.78, 5) is 57.4. The maximum atomic E-state index is 13.3. The van der Waals surface area contributed by atoms with E-state index in [1.54, 1.807) is 6.92 Å². The van der Waals surface area contributed by atoms with Gasteiger partial charge in [0.15, 0.2) is 6.04 Å². The lowest BCUT2D eigenvalue weighted by Crippen LogP contribution is -2.60. The molecule has 1 heterocycles. The predicted octanol–water partition coefficient (Wildman–Crippen LogP) is -0.512. The third-order valence-electron chi connectivity index (χ3n) is 6.09. The molecule has 1 aromatic carbocycles. The Morgan fingerprint density at radius 1 is 0.973 bits per heavy atom. The molecule has 202 valence electrons. The van der Waals surface area contributed by atoms with Crippen LogP contribution in [0.2, 0.25) is 0 Å². The number of H-pyrrole nitrogens is 1. The standard InChI is InChI=1S/C25H36N6O6/c1-4-14(2)20(24(35)31-21(15(3)32)25(36)37)30-23(34)19(11-17-12-27-13-28-17)29-22(33)18(26)10-16-8-6-5-7-9-16/h5-9,12-15,18-21,32H,4,10-11,26H2,1-3H3,(H,27,28)(H,29,33)(H,30,34)(H,31,35)(H,36,37). The number of aromatic nitrogens is 2. The van der Waals surface area contributed by atoms with Gasteiger partial charge in [0.1, 0.15) is 12.1 Å². The van der Waals surface area contributed by atoms with Crippen LogP contribution in [-0.4, -0.2) is 74.1 Å². The number of carbonyl (C=O) groups excluding carboxylic acids is 3. The van der Waals surface area contributed by atoms with Gasteiger partial charge in [-0.05, 0) is 24.8 Å². The number of carbonyl (C=O) groups is 4. The second-order valence-electron chi connectivity index (χ2n) is 9.08. The lowest BCUT2D eigenvalue weighted by molar-refractivity contribution is -0.145. The first kappa shape index (κ1) is 29.5. The maximum absolute atomic E-state index is 13.3. The average Bonchev–Trinajstić information content (AvgIpc) is 3.38. The van der Waals surface area contributed by atoms with Crippen LogP contribution in [0.5, 0.6) is 0 Å². The number of aliphatic carboxylic acids is 1. The van der Waals surface area contributed by atoms with Crippen molar-refractivity contribution in [3.05, 3.63) is 54.1 Å². The van der Waals surface area contributed by atoms with Crippen molar-refractivity contribution in [1.29, 1.82) is 0 Å². The number of rotatable bonds is 14. The van der Waals surface area contributed by atoms with Crippen LogP contribution in [0.25, 0.3) is 0 Å². The smallest absolute Gasteiger partial charge is 0.328 e. The van der Waals surface area contributed by atoms with E-state index in [0.717, 1.165) is 5.56 Å². The van der Waals surface area contributed by atoms with Crippen LogP contribution in [0.4, 0.5) is 0 Å². The Morgan fingerprint density at radius 2 is 1.62 bits per heavy atom. The van der Waals surface area contributed by atoms with Crippen molar-refractivity contribution in [1.82, 2.24) is 25.9 Å². The van der Waals surface area contributed by atoms with Gasteiger partial charge >= 0.3 is 5.97 Å². The first-order valence-electron chi connectivity index (χ1n) is 12.1. The number of hydrogen-bond acceptors (Lipinski definition) is 7. The number of nitrogens with two attached hydrogens (primary N) is 1. The highest BCUT2D eigenvalue weighted by Gasteiger charge is 2.34. The van der Waals surface area contributed by atoms with Crippen molar-refractivity contribution in [2.24, 2.45) is 11.7 Å². The van der Waals surface area contributed by atoms with E-state index in [1.165, 1.54) is 19.4 Å². The van der Waals surface area contributed by atoms with Gasteiger partial charge in [-0.2, -0.15) is 0 Å². The molecule has 2 aromatic rings. The third-order valence-corrected chi connectivity index (χ3v) is 6.09. The number of aliphatic hydroxyl groups is 1. The molecule has 0 saturated carbocycles. The van der Waals surface area contributed by atoms with Gasteiger partial charge in [-0.3, -0.25) is 14.4 Å². The fraction of sp³-hybridized carbons (Fsp3) is 0.480. The summed E-state index contributed by atoms with van der Waals surface area (Å²) in [7, 11) is 0. The van der Waals surface area contributed by atoms with Crippen LogP contribution < -0.4 is 21.7 Å². The number of carboxylic acid groups (broad SMARTS) is 1. The first-order valence-corrected chi connectivity index (χ1v) is 12.1. The Balaban J connectivity index is 2.19. The zero-order valence-corrected chi connectivity index (χ0v) is 21.2. The lowest BCUT2D eigenvalue weighted by atomic mass is 9.96. The van der Waals surface area contributed by atoms with E-state index >= 15 is 0 Å². The second kappa shape index (κ2) is 14.1. The molecule has 0 aliphatic heterocycles. The Bertz CT molecular complexity index is 1030. The molecule has 3 amide bonds. The van der Waals surface area contributed by atoms with Crippen molar-refractivity contribution >= 4 is 23.7 Å². The van der Waals surface area contributed by atoms with E-state index in [-0.39, 0.29) is 18.8 Å². The molecule has 6 unspecified atom stereocenters. The summed E-state index contributed by atoms with van der Waals surface area (Å²) in [6.07, 6.45) is 2.40. The zero-order valence-electron chi connectivity index (χ0n) is 21.2. The Labute approximate surface area is 215 Å². The third kappa shape index (κ3) is 8.99. The van der Waals surface area contributed by atoms with Gasteiger partial charge in [0.05, 0.1) is 18.5 Å². The van der Waals surface area contributed by atoms with Gasteiger partial charge in [0, 0.05) is 18.3 Å². The lowest BCUT2D eigenvalue weighted by Gasteiger charge is -2.28. The normalized spacial score (nSPS) is 15.9. The SMILES string of the molecule is CCC(C)C(NC(=O)C(Cc1cnc[nH]1)NC(=O)C(N)Cc1ccccc1)C(=O)NC(C(=O)O)C(C)O. The number of nitrogens with one attached hydrogen (secondary N) is 4.